The summed E-state index contributed by atoms with van der Waals surface area (Å²) in [6.45, 7) is 3.75. The molecule has 0 aliphatic carbocycles. The van der Waals surface area contributed by atoms with E-state index in [0.717, 1.165) is 16.4 Å². The van der Waals surface area contributed by atoms with Crippen LogP contribution in [0.1, 0.15) is 25.1 Å². The van der Waals surface area contributed by atoms with Crippen LogP contribution in [0.15, 0.2) is 18.3 Å². The standard InChI is InChI=1S/C18H21F3N4O3S/c1-4-29(27,28)23(3)15-8-22-25-9-11(2)24(10-16(15)25)17(26)7-12-5-13(19)18(21)14(20)6-12/h5-6,8,11H,4,7,9-10H2,1-3H3/t11-/m0/s1. The molecule has 3 rings (SSSR count). The van der Waals surface area contributed by atoms with Crippen LogP contribution in [-0.2, 0) is 34.3 Å². The van der Waals surface area contributed by atoms with Crippen LogP contribution in [0.2, 0.25) is 0 Å². The van der Waals surface area contributed by atoms with E-state index in [0.29, 0.717) is 17.9 Å². The van der Waals surface area contributed by atoms with E-state index in [2.05, 4.69) is 5.10 Å². The van der Waals surface area contributed by atoms with Crippen molar-refractivity contribution in [3.8, 4) is 0 Å². The van der Waals surface area contributed by atoms with Gasteiger partial charge in [0.25, 0.3) is 0 Å². The molecule has 1 aromatic heterocycles. The first-order valence-electron chi connectivity index (χ1n) is 8.99. The molecule has 7 nitrogen and oxygen atoms in total. The molecule has 0 spiro atoms. The normalized spacial score (nSPS) is 16.6. The Hall–Kier alpha value is -2.56. The third kappa shape index (κ3) is 3.96. The second kappa shape index (κ2) is 7.69. The van der Waals surface area contributed by atoms with E-state index in [1.54, 1.807) is 11.6 Å². The number of hydrogen-bond acceptors (Lipinski definition) is 4. The highest BCUT2D eigenvalue weighted by molar-refractivity contribution is 7.92. The second-order valence-corrected chi connectivity index (χ2v) is 9.24. The Morgan fingerprint density at radius 3 is 2.48 bits per heavy atom. The lowest BCUT2D eigenvalue weighted by atomic mass is 10.1. The van der Waals surface area contributed by atoms with Crippen LogP contribution in [0.5, 0.6) is 0 Å². The van der Waals surface area contributed by atoms with Crippen molar-refractivity contribution in [2.45, 2.75) is 39.4 Å². The molecular weight excluding hydrogens is 409 g/mol. The Balaban J connectivity index is 1.85. The summed E-state index contributed by atoms with van der Waals surface area (Å²) in [5, 5.41) is 4.22. The summed E-state index contributed by atoms with van der Waals surface area (Å²) in [5.74, 6) is -4.80. The minimum absolute atomic E-state index is 0.0172. The van der Waals surface area contributed by atoms with Gasteiger partial charge in [-0.2, -0.15) is 5.10 Å². The van der Waals surface area contributed by atoms with Gasteiger partial charge in [0.05, 0.1) is 42.8 Å². The molecule has 0 fully saturated rings. The first kappa shape index (κ1) is 21.2. The van der Waals surface area contributed by atoms with E-state index in [1.165, 1.54) is 25.1 Å². The van der Waals surface area contributed by atoms with Gasteiger partial charge in [0.2, 0.25) is 15.9 Å². The van der Waals surface area contributed by atoms with Crippen molar-refractivity contribution in [2.24, 2.45) is 0 Å². The molecular formula is C18H21F3N4O3S. The van der Waals surface area contributed by atoms with Gasteiger partial charge >= 0.3 is 0 Å². The molecule has 0 saturated heterocycles. The van der Waals surface area contributed by atoms with E-state index < -0.39 is 33.4 Å². The van der Waals surface area contributed by atoms with Crippen molar-refractivity contribution in [1.29, 1.82) is 0 Å². The number of carbonyl (C=O) groups is 1. The van der Waals surface area contributed by atoms with Gasteiger partial charge in [0, 0.05) is 13.1 Å². The summed E-state index contributed by atoms with van der Waals surface area (Å²) < 4.78 is 67.2. The number of sulfonamides is 1. The number of aromatic nitrogens is 2. The molecule has 1 aliphatic rings. The zero-order valence-corrected chi connectivity index (χ0v) is 17.0. The fraction of sp³-hybridized carbons (Fsp3) is 0.444. The summed E-state index contributed by atoms with van der Waals surface area (Å²) in [7, 11) is -2.09. The van der Waals surface area contributed by atoms with Crippen molar-refractivity contribution in [3.05, 3.63) is 47.0 Å². The topological polar surface area (TPSA) is 75.5 Å². The van der Waals surface area contributed by atoms with Gasteiger partial charge < -0.3 is 4.90 Å². The number of carbonyl (C=O) groups excluding carboxylic acids is 1. The maximum absolute atomic E-state index is 13.4. The van der Waals surface area contributed by atoms with Gasteiger partial charge in [-0.3, -0.25) is 13.8 Å². The zero-order chi connectivity index (χ0) is 21.5. The zero-order valence-electron chi connectivity index (χ0n) is 16.2. The molecule has 0 bridgehead atoms. The Labute approximate surface area is 166 Å². The van der Waals surface area contributed by atoms with Crippen molar-refractivity contribution >= 4 is 21.6 Å². The molecule has 1 atom stereocenters. The summed E-state index contributed by atoms with van der Waals surface area (Å²) in [6.07, 6.45) is 1.12. The molecule has 0 unspecified atom stereocenters. The largest absolute Gasteiger partial charge is 0.332 e. The Kier molecular flexibility index (Phi) is 5.61. The van der Waals surface area contributed by atoms with E-state index in [1.807, 2.05) is 0 Å². The SMILES string of the molecule is CCS(=O)(=O)N(C)c1cnn2c1CN(C(=O)Cc1cc(F)c(F)c(F)c1)[C@@H](C)C2. The molecule has 2 heterocycles. The van der Waals surface area contributed by atoms with Crippen LogP contribution in [-0.4, -0.2) is 47.8 Å². The fourth-order valence-corrected chi connectivity index (χ4v) is 4.15. The molecule has 1 amide bonds. The minimum Gasteiger partial charge on any atom is -0.332 e. The fourth-order valence-electron chi connectivity index (χ4n) is 3.31. The van der Waals surface area contributed by atoms with Crippen LogP contribution >= 0.6 is 0 Å². The lowest BCUT2D eigenvalue weighted by Crippen LogP contribution is -2.46. The van der Waals surface area contributed by atoms with Crippen molar-refractivity contribution < 1.29 is 26.4 Å². The number of halogens is 3. The van der Waals surface area contributed by atoms with Gasteiger partial charge in [-0.1, -0.05) is 0 Å². The Morgan fingerprint density at radius 2 is 1.90 bits per heavy atom. The predicted octanol–water partition coefficient (Wildman–Crippen LogP) is 2.06. The summed E-state index contributed by atoms with van der Waals surface area (Å²) in [4.78, 5) is 14.3. The molecule has 1 aliphatic heterocycles. The highest BCUT2D eigenvalue weighted by Crippen LogP contribution is 2.28. The number of amides is 1. The number of hydrogen-bond donors (Lipinski definition) is 0. The smallest absolute Gasteiger partial charge is 0.234 e. The number of fused-ring (bicyclic) bond motifs is 1. The minimum atomic E-state index is -3.51. The lowest BCUT2D eigenvalue weighted by Gasteiger charge is -2.35. The van der Waals surface area contributed by atoms with Crippen molar-refractivity contribution in [3.63, 3.8) is 0 Å². The van der Waals surface area contributed by atoms with E-state index in [-0.39, 0.29) is 30.3 Å². The Morgan fingerprint density at radius 1 is 1.28 bits per heavy atom. The predicted molar refractivity (Wildman–Crippen MR) is 100 cm³/mol. The molecule has 11 heteroatoms. The maximum Gasteiger partial charge on any atom is 0.234 e. The summed E-state index contributed by atoms with van der Waals surface area (Å²) >= 11 is 0. The second-order valence-electron chi connectivity index (χ2n) is 6.95. The molecule has 2 aromatic rings. The van der Waals surface area contributed by atoms with E-state index in [4.69, 9.17) is 0 Å². The third-order valence-corrected chi connectivity index (χ3v) is 6.82. The molecule has 1 aromatic carbocycles. The average molecular weight is 430 g/mol. The average Bonchev–Trinajstić information content (AvgIpc) is 3.06. The molecule has 0 N–H and O–H groups in total. The molecule has 0 saturated carbocycles. The van der Waals surface area contributed by atoms with Gasteiger partial charge in [0.1, 0.15) is 0 Å². The highest BCUT2D eigenvalue weighted by Gasteiger charge is 2.32. The van der Waals surface area contributed by atoms with Crippen LogP contribution in [0, 0.1) is 17.5 Å². The maximum atomic E-state index is 13.4. The van der Waals surface area contributed by atoms with Gasteiger partial charge in [0.15, 0.2) is 17.5 Å². The van der Waals surface area contributed by atoms with Crippen LogP contribution in [0.3, 0.4) is 0 Å². The quantitative estimate of drug-likeness (QED) is 0.681. The first-order chi connectivity index (χ1) is 13.5. The van der Waals surface area contributed by atoms with Gasteiger partial charge in [-0.25, -0.2) is 21.6 Å². The molecule has 29 heavy (non-hydrogen) atoms. The molecule has 158 valence electrons. The van der Waals surface area contributed by atoms with Gasteiger partial charge in [-0.05, 0) is 31.5 Å². The van der Waals surface area contributed by atoms with Crippen LogP contribution < -0.4 is 4.31 Å². The summed E-state index contributed by atoms with van der Waals surface area (Å²) in [5.41, 5.74) is 0.937. The monoisotopic (exact) mass is 430 g/mol. The number of rotatable bonds is 5. The highest BCUT2D eigenvalue weighted by atomic mass is 32.2. The Bertz CT molecular complexity index is 1030. The number of nitrogens with zero attached hydrogens (tertiary/aromatic N) is 4. The van der Waals surface area contributed by atoms with Crippen molar-refractivity contribution in [1.82, 2.24) is 14.7 Å². The van der Waals surface area contributed by atoms with E-state index >= 15 is 0 Å². The summed E-state index contributed by atoms with van der Waals surface area (Å²) in [6, 6.07) is 1.32. The molecule has 0 radical (unpaired) electrons. The lowest BCUT2D eigenvalue weighted by molar-refractivity contribution is -0.134. The van der Waals surface area contributed by atoms with Crippen LogP contribution in [0.4, 0.5) is 18.9 Å². The van der Waals surface area contributed by atoms with E-state index in [9.17, 15) is 26.4 Å². The number of benzene rings is 1. The van der Waals surface area contributed by atoms with Crippen molar-refractivity contribution in [2.75, 3.05) is 17.1 Å². The third-order valence-electron chi connectivity index (χ3n) is 5.06. The van der Waals surface area contributed by atoms with Gasteiger partial charge in [-0.15, -0.1) is 0 Å². The van der Waals surface area contributed by atoms with Crippen LogP contribution in [0.25, 0.3) is 0 Å². The first-order valence-corrected chi connectivity index (χ1v) is 10.6. The number of anilines is 1.